The van der Waals surface area contributed by atoms with Gasteiger partial charge in [-0.15, -0.1) is 0 Å². The number of pyridine rings is 1. The maximum atomic E-state index is 11.7. The van der Waals surface area contributed by atoms with Crippen molar-refractivity contribution in [1.82, 2.24) is 4.98 Å². The first-order valence-corrected chi connectivity index (χ1v) is 6.54. The van der Waals surface area contributed by atoms with Crippen LogP contribution in [0.5, 0.6) is 5.75 Å². The molecule has 0 aliphatic carbocycles. The topological polar surface area (TPSA) is 51.2 Å². The van der Waals surface area contributed by atoms with E-state index in [2.05, 4.69) is 10.3 Å². The largest absolute Gasteiger partial charge is 0.484 e. The Morgan fingerprint density at radius 3 is 2.70 bits per heavy atom. The van der Waals surface area contributed by atoms with E-state index in [0.29, 0.717) is 16.6 Å². The predicted molar refractivity (Wildman–Crippen MR) is 79.3 cm³/mol. The van der Waals surface area contributed by atoms with Gasteiger partial charge >= 0.3 is 0 Å². The zero-order valence-electron chi connectivity index (χ0n) is 11.3. The molecule has 5 heteroatoms. The van der Waals surface area contributed by atoms with Crippen molar-refractivity contribution in [1.29, 1.82) is 0 Å². The van der Waals surface area contributed by atoms with Gasteiger partial charge in [-0.3, -0.25) is 4.79 Å². The lowest BCUT2D eigenvalue weighted by Gasteiger charge is -2.08. The Labute approximate surface area is 122 Å². The van der Waals surface area contributed by atoms with Crippen LogP contribution in [0.4, 0.5) is 5.82 Å². The number of nitrogens with one attached hydrogen (secondary N) is 1. The molecule has 0 unspecified atom stereocenters. The molecule has 1 aromatic carbocycles. The van der Waals surface area contributed by atoms with E-state index in [1.807, 2.05) is 32.0 Å². The van der Waals surface area contributed by atoms with Gasteiger partial charge in [0.15, 0.2) is 6.61 Å². The van der Waals surface area contributed by atoms with E-state index >= 15 is 0 Å². The second-order valence-corrected chi connectivity index (χ2v) is 4.88. The molecule has 0 radical (unpaired) electrons. The summed E-state index contributed by atoms with van der Waals surface area (Å²) in [5.41, 5.74) is 2.31. The predicted octanol–water partition coefficient (Wildman–Crippen LogP) is 3.37. The van der Waals surface area contributed by atoms with Gasteiger partial charge in [0, 0.05) is 6.20 Å². The highest BCUT2D eigenvalue weighted by Gasteiger charge is 2.05. The lowest BCUT2D eigenvalue weighted by molar-refractivity contribution is -0.118. The Hall–Kier alpha value is -2.07. The Morgan fingerprint density at radius 2 is 2.05 bits per heavy atom. The second kappa shape index (κ2) is 6.39. The van der Waals surface area contributed by atoms with Crippen molar-refractivity contribution >= 4 is 23.3 Å². The maximum Gasteiger partial charge on any atom is 0.263 e. The summed E-state index contributed by atoms with van der Waals surface area (Å²) in [6.07, 6.45) is 1.47. The molecule has 0 bridgehead atoms. The maximum absolute atomic E-state index is 11.7. The lowest BCUT2D eigenvalue weighted by Crippen LogP contribution is -2.20. The van der Waals surface area contributed by atoms with Crippen LogP contribution in [-0.4, -0.2) is 17.5 Å². The number of carbonyl (C=O) groups is 1. The number of nitrogens with zero attached hydrogens (tertiary/aromatic N) is 1. The van der Waals surface area contributed by atoms with Gasteiger partial charge in [0.25, 0.3) is 5.91 Å². The molecular formula is C15H15ClN2O2. The number of aryl methyl sites for hydroxylation is 2. The van der Waals surface area contributed by atoms with E-state index in [4.69, 9.17) is 16.3 Å². The first-order valence-electron chi connectivity index (χ1n) is 6.16. The molecule has 0 spiro atoms. The number of carbonyl (C=O) groups excluding carboxylic acids is 1. The van der Waals surface area contributed by atoms with Crippen molar-refractivity contribution in [3.63, 3.8) is 0 Å². The minimum Gasteiger partial charge on any atom is -0.484 e. The molecule has 0 saturated heterocycles. The van der Waals surface area contributed by atoms with Crippen LogP contribution in [0.1, 0.15) is 11.1 Å². The van der Waals surface area contributed by atoms with Crippen LogP contribution in [0.25, 0.3) is 0 Å². The SMILES string of the molecule is Cc1ccc(OCC(=O)Nc2ccc(Cl)cn2)cc1C. The Balaban J connectivity index is 1.88. The number of benzene rings is 1. The molecule has 0 fully saturated rings. The van der Waals surface area contributed by atoms with Gasteiger partial charge in [0.05, 0.1) is 5.02 Å². The Morgan fingerprint density at radius 1 is 1.25 bits per heavy atom. The summed E-state index contributed by atoms with van der Waals surface area (Å²) in [6.45, 7) is 3.96. The van der Waals surface area contributed by atoms with E-state index in [1.54, 1.807) is 12.1 Å². The van der Waals surface area contributed by atoms with Crippen LogP contribution in [0.15, 0.2) is 36.5 Å². The number of amides is 1. The fourth-order valence-corrected chi connectivity index (χ4v) is 1.69. The minimum atomic E-state index is -0.266. The summed E-state index contributed by atoms with van der Waals surface area (Å²) in [5, 5.41) is 3.15. The third-order valence-corrected chi connectivity index (χ3v) is 3.07. The van der Waals surface area contributed by atoms with Crippen LogP contribution in [0.3, 0.4) is 0 Å². The molecule has 104 valence electrons. The molecule has 0 atom stereocenters. The quantitative estimate of drug-likeness (QED) is 0.939. The third-order valence-electron chi connectivity index (χ3n) is 2.84. The zero-order valence-corrected chi connectivity index (χ0v) is 12.1. The molecule has 1 heterocycles. The number of aromatic nitrogens is 1. The number of rotatable bonds is 4. The van der Waals surface area contributed by atoms with Gasteiger partial charge in [0.1, 0.15) is 11.6 Å². The molecule has 1 amide bonds. The van der Waals surface area contributed by atoms with Gasteiger partial charge in [-0.2, -0.15) is 0 Å². The number of ether oxygens (including phenoxy) is 1. The van der Waals surface area contributed by atoms with Crippen molar-refractivity contribution < 1.29 is 9.53 Å². The lowest BCUT2D eigenvalue weighted by atomic mass is 10.1. The zero-order chi connectivity index (χ0) is 14.5. The molecule has 4 nitrogen and oxygen atoms in total. The molecule has 0 aliphatic heterocycles. The van der Waals surface area contributed by atoms with Crippen LogP contribution in [0.2, 0.25) is 5.02 Å². The number of hydrogen-bond acceptors (Lipinski definition) is 3. The highest BCUT2D eigenvalue weighted by molar-refractivity contribution is 6.30. The third kappa shape index (κ3) is 3.96. The number of anilines is 1. The molecule has 0 aliphatic rings. The Bertz CT molecular complexity index is 612. The van der Waals surface area contributed by atoms with Gasteiger partial charge in [-0.05, 0) is 49.2 Å². The van der Waals surface area contributed by atoms with Crippen molar-refractivity contribution in [3.8, 4) is 5.75 Å². The molecule has 2 aromatic rings. The fourth-order valence-electron chi connectivity index (χ4n) is 1.58. The summed E-state index contributed by atoms with van der Waals surface area (Å²) < 4.78 is 5.43. The number of hydrogen-bond donors (Lipinski definition) is 1. The van der Waals surface area contributed by atoms with Gasteiger partial charge in [-0.1, -0.05) is 17.7 Å². The van der Waals surface area contributed by atoms with Crippen molar-refractivity contribution in [2.45, 2.75) is 13.8 Å². The van der Waals surface area contributed by atoms with Crippen molar-refractivity contribution in [2.75, 3.05) is 11.9 Å². The number of halogens is 1. The van der Waals surface area contributed by atoms with Crippen LogP contribution >= 0.6 is 11.6 Å². The van der Waals surface area contributed by atoms with E-state index in [1.165, 1.54) is 11.8 Å². The smallest absolute Gasteiger partial charge is 0.263 e. The van der Waals surface area contributed by atoms with Crippen molar-refractivity contribution in [2.24, 2.45) is 0 Å². The van der Waals surface area contributed by atoms with Gasteiger partial charge in [0.2, 0.25) is 0 Å². The van der Waals surface area contributed by atoms with Gasteiger partial charge < -0.3 is 10.1 Å². The highest BCUT2D eigenvalue weighted by Crippen LogP contribution is 2.16. The first-order chi connectivity index (χ1) is 9.54. The van der Waals surface area contributed by atoms with E-state index < -0.39 is 0 Å². The second-order valence-electron chi connectivity index (χ2n) is 4.44. The summed E-state index contributed by atoms with van der Waals surface area (Å²) in [4.78, 5) is 15.7. The molecule has 20 heavy (non-hydrogen) atoms. The average molecular weight is 291 g/mol. The average Bonchev–Trinajstić information content (AvgIpc) is 2.43. The monoisotopic (exact) mass is 290 g/mol. The van der Waals surface area contributed by atoms with E-state index in [9.17, 15) is 4.79 Å². The standard InChI is InChI=1S/C15H15ClN2O2/c1-10-3-5-13(7-11(10)2)20-9-15(19)18-14-6-4-12(16)8-17-14/h3-8H,9H2,1-2H3,(H,17,18,19). The molecular weight excluding hydrogens is 276 g/mol. The highest BCUT2D eigenvalue weighted by atomic mass is 35.5. The summed E-state index contributed by atoms with van der Waals surface area (Å²) in [7, 11) is 0. The minimum absolute atomic E-state index is 0.0627. The normalized spacial score (nSPS) is 10.2. The molecule has 0 saturated carbocycles. The molecule has 2 rings (SSSR count). The van der Waals surface area contributed by atoms with Crippen LogP contribution in [-0.2, 0) is 4.79 Å². The molecule has 1 N–H and O–H groups in total. The fraction of sp³-hybridized carbons (Fsp3) is 0.200. The first kappa shape index (κ1) is 14.3. The Kier molecular flexibility index (Phi) is 4.58. The summed E-state index contributed by atoms with van der Waals surface area (Å²) >= 11 is 5.72. The van der Waals surface area contributed by atoms with Crippen LogP contribution < -0.4 is 10.1 Å². The summed E-state index contributed by atoms with van der Waals surface area (Å²) in [5.74, 6) is 0.855. The van der Waals surface area contributed by atoms with Gasteiger partial charge in [-0.25, -0.2) is 4.98 Å². The molecule has 1 aromatic heterocycles. The van der Waals surface area contributed by atoms with Crippen molar-refractivity contribution in [3.05, 3.63) is 52.7 Å². The van der Waals surface area contributed by atoms with E-state index in [-0.39, 0.29) is 12.5 Å². The van der Waals surface area contributed by atoms with E-state index in [0.717, 1.165) is 5.56 Å². The van der Waals surface area contributed by atoms with Crippen LogP contribution in [0, 0.1) is 13.8 Å². The summed E-state index contributed by atoms with van der Waals surface area (Å²) in [6, 6.07) is 9.01.